The summed E-state index contributed by atoms with van der Waals surface area (Å²) >= 11 is 0. The van der Waals surface area contributed by atoms with Gasteiger partial charge in [0.25, 0.3) is 0 Å². The molecule has 30 heavy (non-hydrogen) atoms. The van der Waals surface area contributed by atoms with Gasteiger partial charge in [-0.3, -0.25) is 0 Å². The average Bonchev–Trinajstić information content (AvgIpc) is 3.24. The number of benzene rings is 1. The fraction of sp³-hybridized carbons (Fsp3) is 0.500. The number of nitrogens with one attached hydrogen (secondary N) is 1. The zero-order valence-electron chi connectivity index (χ0n) is 17.6. The van der Waals surface area contributed by atoms with E-state index in [2.05, 4.69) is 52.9 Å². The number of aryl methyl sites for hydroxylation is 1. The topological polar surface area (TPSA) is 79.4 Å². The van der Waals surface area contributed by atoms with Crippen LogP contribution in [-0.4, -0.2) is 72.0 Å². The third-order valence-corrected chi connectivity index (χ3v) is 5.86. The maximum atomic E-state index is 5.65. The second-order valence-corrected chi connectivity index (χ2v) is 7.90. The van der Waals surface area contributed by atoms with Crippen LogP contribution in [0.5, 0.6) is 0 Å². The molecule has 0 aliphatic carbocycles. The third-order valence-electron chi connectivity index (χ3n) is 5.86. The highest BCUT2D eigenvalue weighted by Crippen LogP contribution is 2.30. The molecule has 1 unspecified atom stereocenters. The van der Waals surface area contributed by atoms with Crippen molar-refractivity contribution in [3.05, 3.63) is 29.8 Å². The highest BCUT2D eigenvalue weighted by atomic mass is 16.5. The monoisotopic (exact) mass is 408 g/mol. The van der Waals surface area contributed by atoms with Crippen LogP contribution in [0.25, 0.3) is 22.6 Å². The van der Waals surface area contributed by atoms with E-state index in [-0.39, 0.29) is 6.04 Å². The number of imidazole rings is 1. The Kier molecular flexibility index (Phi) is 5.26. The normalized spacial score (nSPS) is 20.1. The Labute approximate surface area is 176 Å². The molecule has 2 aliphatic heterocycles. The predicted octanol–water partition coefficient (Wildman–Crippen LogP) is 2.64. The zero-order valence-corrected chi connectivity index (χ0v) is 17.6. The van der Waals surface area contributed by atoms with Gasteiger partial charge in [0.1, 0.15) is 11.3 Å². The molecule has 0 spiro atoms. The molecule has 2 aromatic heterocycles. The fourth-order valence-corrected chi connectivity index (χ4v) is 4.10. The second-order valence-electron chi connectivity index (χ2n) is 7.90. The summed E-state index contributed by atoms with van der Waals surface area (Å²) in [6, 6.07) is 8.74. The quantitative estimate of drug-likeness (QED) is 0.711. The molecule has 1 aromatic carbocycles. The Morgan fingerprint density at radius 3 is 2.70 bits per heavy atom. The van der Waals surface area contributed by atoms with Crippen molar-refractivity contribution in [1.82, 2.24) is 19.9 Å². The number of hydrogen-bond donors (Lipinski definition) is 1. The Morgan fingerprint density at radius 2 is 1.90 bits per heavy atom. The molecule has 2 fully saturated rings. The molecule has 8 nitrogen and oxygen atoms in total. The summed E-state index contributed by atoms with van der Waals surface area (Å²) < 4.78 is 11.2. The lowest BCUT2D eigenvalue weighted by molar-refractivity contribution is 0.0986. The first-order valence-corrected chi connectivity index (χ1v) is 10.8. The van der Waals surface area contributed by atoms with E-state index in [1.54, 1.807) is 0 Å². The molecule has 0 amide bonds. The number of aromatic amines is 1. The first-order chi connectivity index (χ1) is 14.7. The smallest absolute Gasteiger partial charge is 0.229 e. The molecule has 5 rings (SSSR count). The second kappa shape index (κ2) is 8.20. The minimum absolute atomic E-state index is 0.240. The molecule has 2 aliphatic rings. The summed E-state index contributed by atoms with van der Waals surface area (Å²) in [5.41, 5.74) is 3.95. The molecule has 0 radical (unpaired) electrons. The van der Waals surface area contributed by atoms with Crippen molar-refractivity contribution < 1.29 is 9.47 Å². The van der Waals surface area contributed by atoms with Gasteiger partial charge in [0.15, 0.2) is 11.5 Å². The highest BCUT2D eigenvalue weighted by Gasteiger charge is 2.26. The Hall–Kier alpha value is -2.71. The van der Waals surface area contributed by atoms with E-state index >= 15 is 0 Å². The van der Waals surface area contributed by atoms with E-state index in [4.69, 9.17) is 24.4 Å². The number of fused-ring (bicyclic) bond motifs is 1. The molecule has 1 atom stereocenters. The van der Waals surface area contributed by atoms with Crippen LogP contribution in [0.3, 0.4) is 0 Å². The first kappa shape index (κ1) is 19.3. The van der Waals surface area contributed by atoms with Crippen molar-refractivity contribution in [2.45, 2.75) is 26.3 Å². The van der Waals surface area contributed by atoms with E-state index in [0.717, 1.165) is 54.7 Å². The first-order valence-electron chi connectivity index (χ1n) is 10.8. The minimum Gasteiger partial charge on any atom is -0.378 e. The summed E-state index contributed by atoms with van der Waals surface area (Å²) in [6.07, 6.45) is 0.992. The molecule has 0 bridgehead atoms. The van der Waals surface area contributed by atoms with Crippen LogP contribution >= 0.6 is 0 Å². The lowest BCUT2D eigenvalue weighted by Gasteiger charge is -2.35. The average molecular weight is 409 g/mol. The number of morpholine rings is 2. The van der Waals surface area contributed by atoms with Gasteiger partial charge < -0.3 is 24.3 Å². The highest BCUT2D eigenvalue weighted by molar-refractivity contribution is 5.87. The van der Waals surface area contributed by atoms with Gasteiger partial charge in [0.2, 0.25) is 5.95 Å². The standard InChI is InChI=1S/C22H28N6O2/c1-3-16-5-4-6-17(13-16)19-23-18-20(24-19)25-22(27-7-10-29-11-8-27)26-21(18)28-9-12-30-14-15(28)2/h4-6,13,15H,3,7-12,14H2,1-2H3,(H,23,24,25,26). The van der Waals surface area contributed by atoms with Gasteiger partial charge in [-0.15, -0.1) is 0 Å². The van der Waals surface area contributed by atoms with Gasteiger partial charge in [-0.1, -0.05) is 25.1 Å². The van der Waals surface area contributed by atoms with Crippen molar-refractivity contribution in [3.63, 3.8) is 0 Å². The summed E-state index contributed by atoms with van der Waals surface area (Å²) in [7, 11) is 0. The van der Waals surface area contributed by atoms with Gasteiger partial charge in [-0.2, -0.15) is 9.97 Å². The summed E-state index contributed by atoms with van der Waals surface area (Å²) in [5, 5.41) is 0. The SMILES string of the molecule is CCc1cccc(-c2nc3nc(N4CCOCC4)nc(N4CCOCC4C)c3[nH]2)c1. The van der Waals surface area contributed by atoms with Gasteiger partial charge in [-0.25, -0.2) is 4.98 Å². The number of aromatic nitrogens is 4. The molecule has 2 saturated heterocycles. The van der Waals surface area contributed by atoms with Crippen LogP contribution in [0.4, 0.5) is 11.8 Å². The lowest BCUT2D eigenvalue weighted by Crippen LogP contribution is -2.44. The molecule has 3 aromatic rings. The van der Waals surface area contributed by atoms with Crippen LogP contribution < -0.4 is 9.80 Å². The Balaban J connectivity index is 1.63. The van der Waals surface area contributed by atoms with E-state index in [0.29, 0.717) is 32.1 Å². The lowest BCUT2D eigenvalue weighted by atomic mass is 10.1. The van der Waals surface area contributed by atoms with E-state index in [9.17, 15) is 0 Å². The van der Waals surface area contributed by atoms with Crippen LogP contribution in [0, 0.1) is 0 Å². The van der Waals surface area contributed by atoms with Gasteiger partial charge in [0.05, 0.1) is 32.5 Å². The number of ether oxygens (including phenoxy) is 2. The summed E-state index contributed by atoms with van der Waals surface area (Å²) in [5.74, 6) is 2.46. The van der Waals surface area contributed by atoms with Crippen LogP contribution in [0.15, 0.2) is 24.3 Å². The summed E-state index contributed by atoms with van der Waals surface area (Å²) in [6.45, 7) is 9.49. The van der Waals surface area contributed by atoms with Crippen LogP contribution in [0.1, 0.15) is 19.4 Å². The number of nitrogens with zero attached hydrogens (tertiary/aromatic N) is 5. The van der Waals surface area contributed by atoms with E-state index in [1.165, 1.54) is 5.56 Å². The number of anilines is 2. The molecule has 1 N–H and O–H groups in total. The van der Waals surface area contributed by atoms with Crippen LogP contribution in [-0.2, 0) is 15.9 Å². The molecule has 4 heterocycles. The largest absolute Gasteiger partial charge is 0.378 e. The van der Waals surface area contributed by atoms with Gasteiger partial charge in [0, 0.05) is 25.2 Å². The zero-order chi connectivity index (χ0) is 20.5. The van der Waals surface area contributed by atoms with Gasteiger partial charge in [-0.05, 0) is 25.0 Å². The number of H-pyrrole nitrogens is 1. The van der Waals surface area contributed by atoms with Crippen LogP contribution in [0.2, 0.25) is 0 Å². The molecular formula is C22H28N6O2. The Bertz CT molecular complexity index is 1030. The van der Waals surface area contributed by atoms with Crippen molar-refractivity contribution in [2.24, 2.45) is 0 Å². The predicted molar refractivity (Wildman–Crippen MR) is 117 cm³/mol. The maximum absolute atomic E-state index is 5.65. The van der Waals surface area contributed by atoms with E-state index in [1.807, 2.05) is 0 Å². The van der Waals surface area contributed by atoms with Crippen molar-refractivity contribution in [1.29, 1.82) is 0 Å². The fourth-order valence-electron chi connectivity index (χ4n) is 4.10. The van der Waals surface area contributed by atoms with Crippen molar-refractivity contribution in [2.75, 3.05) is 55.9 Å². The molecule has 158 valence electrons. The van der Waals surface area contributed by atoms with Crippen molar-refractivity contribution >= 4 is 22.9 Å². The minimum atomic E-state index is 0.240. The maximum Gasteiger partial charge on any atom is 0.229 e. The summed E-state index contributed by atoms with van der Waals surface area (Å²) in [4.78, 5) is 22.7. The van der Waals surface area contributed by atoms with E-state index < -0.39 is 0 Å². The Morgan fingerprint density at radius 1 is 1.07 bits per heavy atom. The van der Waals surface area contributed by atoms with Crippen molar-refractivity contribution in [3.8, 4) is 11.4 Å². The molecule has 0 saturated carbocycles. The molecule has 8 heteroatoms. The molecular weight excluding hydrogens is 380 g/mol. The third kappa shape index (κ3) is 3.61. The number of hydrogen-bond acceptors (Lipinski definition) is 7. The van der Waals surface area contributed by atoms with Gasteiger partial charge >= 0.3 is 0 Å². The number of rotatable bonds is 4.